The maximum atomic E-state index is 11.8. The minimum absolute atomic E-state index is 0. The molecule has 0 aliphatic carbocycles. The van der Waals surface area contributed by atoms with Crippen LogP contribution in [-0.4, -0.2) is 10.2 Å². The number of benzene rings is 2. The fourth-order valence-corrected chi connectivity index (χ4v) is 3.21. The van der Waals surface area contributed by atoms with Gasteiger partial charge in [-0.05, 0) is 48.5 Å². The van der Waals surface area contributed by atoms with Crippen molar-refractivity contribution in [2.45, 2.75) is 53.9 Å². The molecule has 39 heavy (non-hydrogen) atoms. The second-order valence-electron chi connectivity index (χ2n) is 8.89. The van der Waals surface area contributed by atoms with E-state index in [4.69, 9.17) is 10.2 Å². The van der Waals surface area contributed by atoms with E-state index in [-0.39, 0.29) is 37.7 Å². The Morgan fingerprint density at radius 2 is 0.795 bits per heavy atom. The fourth-order valence-electron chi connectivity index (χ4n) is 3.21. The number of aromatic hydroxyl groups is 2. The number of rotatable bonds is 0. The van der Waals surface area contributed by atoms with E-state index in [0.29, 0.717) is 0 Å². The van der Waals surface area contributed by atoms with Crippen LogP contribution in [0.2, 0.25) is 0 Å². The average Bonchev–Trinajstić information content (AvgIpc) is 3.25. The van der Waals surface area contributed by atoms with Gasteiger partial charge in [-0.3, -0.25) is 0 Å². The first-order valence-electron chi connectivity index (χ1n) is 11.5. The van der Waals surface area contributed by atoms with E-state index >= 15 is 0 Å². The molecule has 9 heteroatoms. The van der Waals surface area contributed by atoms with Gasteiger partial charge < -0.3 is 10.2 Å². The molecule has 0 heterocycles. The summed E-state index contributed by atoms with van der Waals surface area (Å²) in [7, 11) is 0. The number of hydrogen-bond acceptors (Lipinski definition) is 2. The number of phenolic OH excluding ortho intramolecular Hbond substituents is 2. The molecule has 0 spiro atoms. The maximum Gasteiger partial charge on any atom is 2.00 e. The van der Waals surface area contributed by atoms with Crippen molar-refractivity contribution in [3.63, 3.8) is 0 Å². The molecule has 4 aromatic carbocycles. The van der Waals surface area contributed by atoms with E-state index in [2.05, 4.69) is 65.8 Å². The molecule has 0 unspecified atom stereocenters. The van der Waals surface area contributed by atoms with Crippen LogP contribution in [-0.2, 0) is 38.6 Å². The van der Waals surface area contributed by atoms with Gasteiger partial charge in [-0.15, -0.1) is 0 Å². The number of phenols is 2. The first kappa shape index (κ1) is 36.2. The molecular weight excluding hydrogens is 598 g/mol. The smallest absolute Gasteiger partial charge is 0.508 e. The molecule has 0 saturated carbocycles. The number of aryl methyl sites for hydroxylation is 6. The Balaban J connectivity index is 0.000000495. The van der Waals surface area contributed by atoms with Crippen molar-refractivity contribution in [2.75, 3.05) is 0 Å². The molecule has 0 atom stereocenters. The second-order valence-corrected chi connectivity index (χ2v) is 8.89. The molecule has 0 radical (unpaired) electrons. The molecule has 0 amide bonds. The summed E-state index contributed by atoms with van der Waals surface area (Å²) in [6.07, 6.45) is -8.65. The Morgan fingerprint density at radius 1 is 0.538 bits per heavy atom. The predicted octanol–water partition coefficient (Wildman–Crippen LogP) is 9.48. The summed E-state index contributed by atoms with van der Waals surface area (Å²) < 4.78 is 71.0. The third-order valence-electron chi connectivity index (χ3n) is 5.41. The van der Waals surface area contributed by atoms with Gasteiger partial charge in [-0.25, -0.2) is 23.3 Å². The molecule has 4 aromatic rings. The largest absolute Gasteiger partial charge is 2.00 e. The van der Waals surface area contributed by atoms with Crippen molar-refractivity contribution >= 4 is 0 Å². The third kappa shape index (κ3) is 13.7. The van der Waals surface area contributed by atoms with Gasteiger partial charge in [0, 0.05) is 0 Å². The topological polar surface area (TPSA) is 40.5 Å². The van der Waals surface area contributed by atoms with Crippen LogP contribution >= 0.6 is 0 Å². The van der Waals surface area contributed by atoms with Crippen LogP contribution in [0, 0.1) is 41.5 Å². The molecule has 0 saturated heterocycles. The van der Waals surface area contributed by atoms with Crippen molar-refractivity contribution < 1.29 is 62.8 Å². The molecule has 2 N–H and O–H groups in total. The van der Waals surface area contributed by atoms with Gasteiger partial charge in [0.05, 0.1) is 11.1 Å². The number of halogens is 6. The molecule has 0 aromatic heterocycles. The van der Waals surface area contributed by atoms with Crippen molar-refractivity contribution in [3.05, 3.63) is 117 Å². The van der Waals surface area contributed by atoms with Gasteiger partial charge in [-0.1, -0.05) is 41.5 Å². The standard InChI is InChI=1S/2C8H11.2C7H5F3O.Zr/c2*1-6-4-7(2)8(3)5-6;2*8-7(9,10)5-1-3-6(11)4-2-5;/h2*4-5H,1-3H3;2*1-4,11H;/q2*-1;;;+2. The minimum Gasteiger partial charge on any atom is -0.508 e. The summed E-state index contributed by atoms with van der Waals surface area (Å²) >= 11 is 0. The van der Waals surface area contributed by atoms with Crippen molar-refractivity contribution in [1.82, 2.24) is 0 Å². The van der Waals surface area contributed by atoms with Gasteiger partial charge in [-0.2, -0.15) is 60.7 Å². The number of alkyl halides is 6. The Bertz CT molecular complexity index is 1110. The fraction of sp³-hybridized carbons (Fsp3) is 0.267. The molecule has 0 fully saturated rings. The molecule has 210 valence electrons. The van der Waals surface area contributed by atoms with Crippen LogP contribution in [0.1, 0.15) is 44.5 Å². The van der Waals surface area contributed by atoms with Gasteiger partial charge in [0.25, 0.3) is 0 Å². The van der Waals surface area contributed by atoms with Crippen LogP contribution in [0.5, 0.6) is 11.5 Å². The van der Waals surface area contributed by atoms with Crippen LogP contribution in [0.15, 0.2) is 72.8 Å². The summed E-state index contributed by atoms with van der Waals surface area (Å²) in [5.74, 6) is -0.337. The first-order chi connectivity index (χ1) is 17.4. The predicted molar refractivity (Wildman–Crippen MR) is 139 cm³/mol. The molecule has 0 aliphatic rings. The molecular formula is C30H32F6O2Zr. The quantitative estimate of drug-likeness (QED) is 0.150. The zero-order chi connectivity index (χ0) is 29.3. The Labute approximate surface area is 244 Å². The first-order valence-corrected chi connectivity index (χ1v) is 11.5. The van der Waals surface area contributed by atoms with Crippen molar-refractivity contribution in [1.29, 1.82) is 0 Å². The van der Waals surface area contributed by atoms with E-state index in [1.54, 1.807) is 0 Å². The molecule has 4 rings (SSSR count). The van der Waals surface area contributed by atoms with Crippen LogP contribution in [0.4, 0.5) is 26.3 Å². The van der Waals surface area contributed by atoms with Crippen molar-refractivity contribution in [3.8, 4) is 11.5 Å². The summed E-state index contributed by atoms with van der Waals surface area (Å²) in [5, 5.41) is 17.3. The summed E-state index contributed by atoms with van der Waals surface area (Å²) in [6, 6.07) is 16.1. The SMILES string of the molecule is Cc1cc(C)[c-](C)c1.Cc1cc(C)[c-](C)c1.Oc1ccc(C(F)(F)F)cc1.Oc1ccc(C(F)(F)F)cc1.[Zr+2]. The summed E-state index contributed by atoms with van der Waals surface area (Å²) in [4.78, 5) is 0. The van der Waals surface area contributed by atoms with Crippen LogP contribution < -0.4 is 0 Å². The summed E-state index contributed by atoms with van der Waals surface area (Å²) in [5.41, 5.74) is 6.86. The number of hydrogen-bond donors (Lipinski definition) is 2. The molecule has 0 aliphatic heterocycles. The van der Waals surface area contributed by atoms with E-state index in [0.717, 1.165) is 48.5 Å². The van der Waals surface area contributed by atoms with E-state index in [1.807, 2.05) is 0 Å². The van der Waals surface area contributed by atoms with Gasteiger partial charge in [0.2, 0.25) is 0 Å². The molecule has 0 bridgehead atoms. The maximum absolute atomic E-state index is 11.8. The van der Waals surface area contributed by atoms with E-state index in [1.165, 1.54) is 33.4 Å². The van der Waals surface area contributed by atoms with E-state index < -0.39 is 23.5 Å². The Kier molecular flexibility index (Phi) is 14.6. The average molecular weight is 630 g/mol. The Hall–Kier alpha value is -2.80. The second kappa shape index (κ2) is 15.7. The normalized spacial score (nSPS) is 10.6. The monoisotopic (exact) mass is 628 g/mol. The van der Waals surface area contributed by atoms with Gasteiger partial charge in [0.1, 0.15) is 11.5 Å². The van der Waals surface area contributed by atoms with E-state index in [9.17, 15) is 26.3 Å². The zero-order valence-corrected chi connectivity index (χ0v) is 25.0. The molecule has 2 nitrogen and oxygen atoms in total. The zero-order valence-electron chi connectivity index (χ0n) is 22.6. The van der Waals surface area contributed by atoms with Gasteiger partial charge in [0.15, 0.2) is 0 Å². The minimum atomic E-state index is -4.33. The van der Waals surface area contributed by atoms with Crippen LogP contribution in [0.25, 0.3) is 0 Å². The van der Waals surface area contributed by atoms with Crippen LogP contribution in [0.3, 0.4) is 0 Å². The van der Waals surface area contributed by atoms with Crippen molar-refractivity contribution in [2.24, 2.45) is 0 Å². The Morgan fingerprint density at radius 3 is 0.923 bits per heavy atom. The summed E-state index contributed by atoms with van der Waals surface area (Å²) in [6.45, 7) is 12.8. The van der Waals surface area contributed by atoms with Gasteiger partial charge >= 0.3 is 38.6 Å². The third-order valence-corrected chi connectivity index (χ3v) is 5.41.